The highest BCUT2D eigenvalue weighted by Crippen LogP contribution is 2.42. The topological polar surface area (TPSA) is 105 Å². The molecule has 0 atom stereocenters. The number of hydrogen-bond donors (Lipinski definition) is 0. The van der Waals surface area contributed by atoms with Gasteiger partial charge >= 0.3 is 0 Å². The maximum atomic E-state index is 4.98. The molecule has 0 radical (unpaired) electrons. The van der Waals surface area contributed by atoms with Crippen molar-refractivity contribution in [1.82, 2.24) is 48.6 Å². The Hall–Kier alpha value is -13.7. The van der Waals surface area contributed by atoms with Crippen molar-refractivity contribution in [3.8, 4) is 119 Å². The molecule has 10 nitrogen and oxygen atoms in total. The van der Waals surface area contributed by atoms with Gasteiger partial charge in [0.2, 0.25) is 0 Å². The highest BCUT2D eigenvalue weighted by molar-refractivity contribution is 9.11. The number of rotatable bonds is 12. The fraction of sp³-hybridized carbons (Fsp3) is 0. The van der Waals surface area contributed by atoms with Gasteiger partial charge in [-0.05, 0) is 163 Å². The Morgan fingerprint density at radius 3 is 0.807 bits per heavy atom. The fourth-order valence-electron chi connectivity index (χ4n) is 15.3. The highest BCUT2D eigenvalue weighted by Gasteiger charge is 2.21. The smallest absolute Gasteiger partial charge is 0.160 e. The summed E-state index contributed by atoms with van der Waals surface area (Å²) in [6.07, 6.45) is 3.59. The summed E-state index contributed by atoms with van der Waals surface area (Å²) in [5.74, 6) is 1.43. The lowest BCUT2D eigenvalue weighted by Crippen LogP contribution is -1.97. The Bertz CT molecular complexity index is 6230. The van der Waals surface area contributed by atoms with Crippen LogP contribution < -0.4 is 0 Å². The summed E-state index contributed by atoms with van der Waals surface area (Å²) >= 11 is 11.3. The molecule has 21 aromatic rings. The molecule has 0 bridgehead atoms. The van der Waals surface area contributed by atoms with Crippen molar-refractivity contribution in [2.75, 3.05) is 0 Å². The van der Waals surface area contributed by atoms with E-state index in [2.05, 4.69) is 344 Å². The zero-order valence-electron chi connectivity index (χ0n) is 61.1. The van der Waals surface area contributed by atoms with E-state index in [0.29, 0.717) is 5.82 Å². The summed E-state index contributed by atoms with van der Waals surface area (Å²) in [5.41, 5.74) is 25.7. The summed E-state index contributed by atoms with van der Waals surface area (Å²) in [6, 6.07) is 132. The van der Waals surface area contributed by atoms with Crippen LogP contribution in [0.15, 0.2) is 408 Å². The van der Waals surface area contributed by atoms with Gasteiger partial charge in [0.15, 0.2) is 11.6 Å². The lowest BCUT2D eigenvalue weighted by molar-refractivity contribution is 1.16. The predicted molar refractivity (Wildman–Crippen MR) is 479 cm³/mol. The van der Waals surface area contributed by atoms with Gasteiger partial charge in [0.05, 0.1) is 78.7 Å². The Balaban J connectivity index is 0.000000115. The third-order valence-corrected chi connectivity index (χ3v) is 22.6. The minimum atomic E-state index is 0.710. The summed E-state index contributed by atoms with van der Waals surface area (Å²) in [5, 5.41) is 7.36. The molecule has 0 spiro atoms. The third-order valence-electron chi connectivity index (χ3n) is 20.6. The van der Waals surface area contributed by atoms with Crippen LogP contribution in [0.2, 0.25) is 0 Å². The SMILES string of the molecule is Brc1cccc2c1c1ccccc1n2-c1ccc(-c2cc(-c3ccccc3)nc(-c3ccccc3)n2)cc1.Brc1cccc2c1c1ccccc1n2-c1ccc(-c2cc(-c3ccccn3)nc(-c3ccccn3)c2)cc1.Brc1cccc2c1c1ccccc1n2-c1ccc(-c2nc(-c3ccccc3)cc(-c3ccccc3)n2)cc1. The van der Waals surface area contributed by atoms with Crippen LogP contribution in [0, 0.1) is 0 Å². The molecular formula is C101H65Br3N10. The Morgan fingerprint density at radius 2 is 0.465 bits per heavy atom. The molecule has 0 aliphatic carbocycles. The molecule has 0 amide bonds. The van der Waals surface area contributed by atoms with Crippen LogP contribution in [0.1, 0.15) is 0 Å². The standard InChI is InChI=1S/2C34H22BrN3.C33H21BrN4/c35-28-15-9-17-32-33(28)27-14-7-8-16-31(27)38(32)26-20-18-24(19-21-26)30-22-29(23-10-3-1-4-11-23)36-34(37-30)25-12-5-2-6-13-25;35-28-15-9-17-32-33(28)27-14-7-8-16-31(27)38(32)26-20-18-25(19-21-26)34-36-29(23-10-3-1-4-11-23)22-30(37-34)24-12-5-2-6-13-24;34-26-9-7-13-32-33(26)25-8-1-2-12-31(25)38(32)24-16-14-22(15-17-24)23-20-29(27-10-3-5-18-35-27)37-30(21-23)28-11-4-6-19-36-28/h2*1-22H;1-21H. The molecule has 540 valence electrons. The number of aromatic nitrogens is 10. The second-order valence-corrected chi connectivity index (χ2v) is 30.1. The quantitative estimate of drug-likeness (QED) is 0.120. The summed E-state index contributed by atoms with van der Waals surface area (Å²) in [7, 11) is 0. The normalized spacial score (nSPS) is 11.3. The molecule has 0 fully saturated rings. The van der Waals surface area contributed by atoms with Crippen molar-refractivity contribution in [3.63, 3.8) is 0 Å². The average Bonchev–Trinajstić information content (AvgIpc) is 1.60. The lowest BCUT2D eigenvalue weighted by atomic mass is 10.0. The monoisotopic (exact) mass is 1650 g/mol. The van der Waals surface area contributed by atoms with Gasteiger partial charge in [-0.3, -0.25) is 9.97 Å². The molecule has 8 aromatic heterocycles. The van der Waals surface area contributed by atoms with Gasteiger partial charge < -0.3 is 13.7 Å². The van der Waals surface area contributed by atoms with Crippen LogP contribution in [0.3, 0.4) is 0 Å². The van der Waals surface area contributed by atoms with E-state index in [1.165, 1.54) is 65.4 Å². The fourth-order valence-corrected chi connectivity index (χ4v) is 17.0. The maximum absolute atomic E-state index is 4.98. The molecule has 0 aliphatic rings. The summed E-state index contributed by atoms with van der Waals surface area (Å²) in [6.45, 7) is 0. The Labute approximate surface area is 683 Å². The van der Waals surface area contributed by atoms with Crippen LogP contribution in [-0.2, 0) is 0 Å². The second kappa shape index (κ2) is 31.2. The van der Waals surface area contributed by atoms with Gasteiger partial charge in [0.1, 0.15) is 0 Å². The van der Waals surface area contributed by atoms with E-state index in [1.54, 1.807) is 12.4 Å². The Kier molecular flexibility index (Phi) is 19.4. The Morgan fingerprint density at radius 1 is 0.184 bits per heavy atom. The van der Waals surface area contributed by atoms with E-state index >= 15 is 0 Å². The number of fused-ring (bicyclic) bond motifs is 9. The minimum absolute atomic E-state index is 0.710. The molecule has 21 rings (SSSR count). The molecule has 0 N–H and O–H groups in total. The molecule has 0 unspecified atom stereocenters. The van der Waals surface area contributed by atoms with Gasteiger partial charge in [-0.15, -0.1) is 0 Å². The van der Waals surface area contributed by atoms with E-state index in [4.69, 9.17) is 24.9 Å². The van der Waals surface area contributed by atoms with Crippen LogP contribution in [0.4, 0.5) is 0 Å². The zero-order valence-corrected chi connectivity index (χ0v) is 65.9. The largest absolute Gasteiger partial charge is 0.309 e. The van der Waals surface area contributed by atoms with Crippen molar-refractivity contribution >= 4 is 113 Å². The number of benzene rings is 13. The molecule has 8 heterocycles. The molecule has 13 aromatic carbocycles. The van der Waals surface area contributed by atoms with Gasteiger partial charge in [-0.1, -0.05) is 278 Å². The van der Waals surface area contributed by atoms with Crippen LogP contribution in [0.25, 0.3) is 184 Å². The highest BCUT2D eigenvalue weighted by atomic mass is 79.9. The van der Waals surface area contributed by atoms with Crippen molar-refractivity contribution in [2.45, 2.75) is 0 Å². The number of nitrogens with zero attached hydrogens (tertiary/aromatic N) is 10. The minimum Gasteiger partial charge on any atom is -0.309 e. The first-order valence-corrected chi connectivity index (χ1v) is 39.9. The second-order valence-electron chi connectivity index (χ2n) is 27.5. The van der Waals surface area contributed by atoms with E-state index < -0.39 is 0 Å². The number of pyridine rings is 3. The van der Waals surface area contributed by atoms with E-state index in [9.17, 15) is 0 Å². The third kappa shape index (κ3) is 13.8. The lowest BCUT2D eigenvalue weighted by Gasteiger charge is -2.11. The zero-order chi connectivity index (χ0) is 76.4. The maximum Gasteiger partial charge on any atom is 0.160 e. The molecule has 0 saturated carbocycles. The van der Waals surface area contributed by atoms with Gasteiger partial charge in [-0.2, -0.15) is 0 Å². The summed E-state index contributed by atoms with van der Waals surface area (Å²) in [4.78, 5) is 33.8. The first-order chi connectivity index (χ1) is 56.3. The van der Waals surface area contributed by atoms with E-state index in [-0.39, 0.29) is 0 Å². The van der Waals surface area contributed by atoms with Crippen molar-refractivity contribution in [2.24, 2.45) is 0 Å². The first-order valence-electron chi connectivity index (χ1n) is 37.5. The number of para-hydroxylation sites is 3. The van der Waals surface area contributed by atoms with Crippen molar-refractivity contribution in [1.29, 1.82) is 0 Å². The number of halogens is 3. The molecule has 0 saturated heterocycles. The van der Waals surface area contributed by atoms with E-state index in [0.717, 1.165) is 126 Å². The van der Waals surface area contributed by atoms with Gasteiger partial charge in [0.25, 0.3) is 0 Å². The van der Waals surface area contributed by atoms with Crippen LogP contribution >= 0.6 is 47.8 Å². The van der Waals surface area contributed by atoms with E-state index in [1.807, 2.05) is 109 Å². The predicted octanol–water partition coefficient (Wildman–Crippen LogP) is 27.4. The van der Waals surface area contributed by atoms with Gasteiger partial charge in [0, 0.05) is 109 Å². The van der Waals surface area contributed by atoms with Crippen molar-refractivity contribution in [3.05, 3.63) is 408 Å². The number of hydrogen-bond acceptors (Lipinski definition) is 7. The summed E-state index contributed by atoms with van der Waals surface area (Å²) < 4.78 is 10.3. The van der Waals surface area contributed by atoms with Gasteiger partial charge in [-0.25, -0.2) is 24.9 Å². The molecule has 0 aliphatic heterocycles. The molecule has 114 heavy (non-hydrogen) atoms. The molecule has 13 heteroatoms. The molecular weight excluding hydrogens is 1590 g/mol. The van der Waals surface area contributed by atoms with Crippen molar-refractivity contribution < 1.29 is 0 Å². The first kappa shape index (κ1) is 70.7. The van der Waals surface area contributed by atoms with Crippen LogP contribution in [0.5, 0.6) is 0 Å². The van der Waals surface area contributed by atoms with Crippen LogP contribution in [-0.4, -0.2) is 48.6 Å². The average molecular weight is 1660 g/mol.